The summed E-state index contributed by atoms with van der Waals surface area (Å²) < 4.78 is 6.71. The van der Waals surface area contributed by atoms with E-state index >= 15 is 0 Å². The molecular weight excluding hydrogens is 351 g/mol. The summed E-state index contributed by atoms with van der Waals surface area (Å²) in [4.78, 5) is 8.45. The van der Waals surface area contributed by atoms with E-state index < -0.39 is 0 Å². The van der Waals surface area contributed by atoms with E-state index in [2.05, 4.69) is 32.6 Å². The zero-order chi connectivity index (χ0) is 11.8. The van der Waals surface area contributed by atoms with Gasteiger partial charge in [-0.05, 0) is 46.9 Å². The van der Waals surface area contributed by atoms with E-state index in [-0.39, 0.29) is 0 Å². The van der Waals surface area contributed by atoms with Crippen molar-refractivity contribution < 1.29 is 4.42 Å². The topological polar surface area (TPSA) is 38.9 Å². The number of nitrogens with zero attached hydrogens (tertiary/aromatic N) is 2. The Labute approximate surface area is 116 Å². The van der Waals surface area contributed by atoms with Gasteiger partial charge in [-0.25, -0.2) is 9.97 Å². The van der Waals surface area contributed by atoms with E-state index in [0.717, 1.165) is 9.13 Å². The second-order valence-corrected chi connectivity index (χ2v) is 5.19. The van der Waals surface area contributed by atoms with Gasteiger partial charge in [0.2, 0.25) is 11.6 Å². The average molecular weight is 357 g/mol. The predicted molar refractivity (Wildman–Crippen MR) is 75.0 cm³/mol. The molecule has 0 saturated carbocycles. The highest BCUT2D eigenvalue weighted by molar-refractivity contribution is 14.1. The van der Waals surface area contributed by atoms with E-state index in [0.29, 0.717) is 22.1 Å². The molecule has 5 heteroatoms. The van der Waals surface area contributed by atoms with Crippen LogP contribution in [-0.4, -0.2) is 9.97 Å². The van der Waals surface area contributed by atoms with Crippen LogP contribution in [0.2, 0.25) is 5.02 Å². The molecular formula is C12H6ClIN2O. The number of pyridine rings is 1. The van der Waals surface area contributed by atoms with Gasteiger partial charge >= 0.3 is 0 Å². The number of hydrogen-bond acceptors (Lipinski definition) is 3. The number of halogens is 2. The average Bonchev–Trinajstić information content (AvgIpc) is 2.72. The molecule has 0 bridgehead atoms. The third kappa shape index (κ3) is 2.14. The van der Waals surface area contributed by atoms with Crippen molar-refractivity contribution in [3.63, 3.8) is 0 Å². The van der Waals surface area contributed by atoms with Gasteiger partial charge in [0.15, 0.2) is 0 Å². The summed E-state index contributed by atoms with van der Waals surface area (Å²) in [6, 6.07) is 9.68. The smallest absolute Gasteiger partial charge is 0.247 e. The van der Waals surface area contributed by atoms with Gasteiger partial charge in [-0.1, -0.05) is 17.7 Å². The van der Waals surface area contributed by atoms with Gasteiger partial charge in [0.05, 0.1) is 5.02 Å². The molecule has 0 spiro atoms. The quantitative estimate of drug-likeness (QED) is 0.615. The van der Waals surface area contributed by atoms with E-state index in [9.17, 15) is 0 Å². The third-order valence-corrected chi connectivity index (χ3v) is 3.16. The standard InChI is InChI=1S/C12H6ClIN2O/c13-8-5-10-12(15-6-8)17-11(16-10)7-2-1-3-9(14)4-7/h1-6H. The minimum absolute atomic E-state index is 0.503. The molecule has 17 heavy (non-hydrogen) atoms. The predicted octanol–water partition coefficient (Wildman–Crippen LogP) is 4.15. The summed E-state index contributed by atoms with van der Waals surface area (Å²) in [7, 11) is 0. The molecule has 2 aromatic heterocycles. The minimum atomic E-state index is 0.503. The van der Waals surface area contributed by atoms with Crippen molar-refractivity contribution in [2.24, 2.45) is 0 Å². The van der Waals surface area contributed by atoms with Gasteiger partial charge in [0.25, 0.3) is 0 Å². The molecule has 3 rings (SSSR count). The number of hydrogen-bond donors (Lipinski definition) is 0. The molecule has 0 aliphatic carbocycles. The van der Waals surface area contributed by atoms with Crippen molar-refractivity contribution >= 4 is 45.4 Å². The number of fused-ring (bicyclic) bond motifs is 1. The molecule has 1 aromatic carbocycles. The third-order valence-electron chi connectivity index (χ3n) is 2.29. The lowest BCUT2D eigenvalue weighted by Crippen LogP contribution is -1.78. The molecule has 0 aliphatic rings. The maximum atomic E-state index is 5.85. The van der Waals surface area contributed by atoms with Gasteiger partial charge in [-0.3, -0.25) is 0 Å². The van der Waals surface area contributed by atoms with Crippen molar-refractivity contribution in [2.45, 2.75) is 0 Å². The van der Waals surface area contributed by atoms with Crippen molar-refractivity contribution in [1.82, 2.24) is 9.97 Å². The summed E-state index contributed by atoms with van der Waals surface area (Å²) in [5.41, 5.74) is 2.11. The monoisotopic (exact) mass is 356 g/mol. The van der Waals surface area contributed by atoms with Crippen molar-refractivity contribution in [3.8, 4) is 11.5 Å². The van der Waals surface area contributed by atoms with Gasteiger partial charge in [-0.15, -0.1) is 0 Å². The highest BCUT2D eigenvalue weighted by Crippen LogP contribution is 2.25. The zero-order valence-electron chi connectivity index (χ0n) is 8.52. The molecule has 0 aliphatic heterocycles. The number of aromatic nitrogens is 2. The molecule has 0 radical (unpaired) electrons. The van der Waals surface area contributed by atoms with Crippen molar-refractivity contribution in [3.05, 3.63) is 45.1 Å². The Morgan fingerprint density at radius 1 is 1.24 bits per heavy atom. The van der Waals surface area contributed by atoms with Crippen LogP contribution >= 0.6 is 34.2 Å². The van der Waals surface area contributed by atoms with E-state index in [1.165, 1.54) is 0 Å². The number of oxazole rings is 1. The fourth-order valence-electron chi connectivity index (χ4n) is 1.54. The van der Waals surface area contributed by atoms with Gasteiger partial charge in [0, 0.05) is 15.3 Å². The first-order valence-electron chi connectivity index (χ1n) is 4.90. The Kier molecular flexibility index (Phi) is 2.76. The first-order valence-corrected chi connectivity index (χ1v) is 6.36. The van der Waals surface area contributed by atoms with Gasteiger partial charge in [0.1, 0.15) is 5.52 Å². The van der Waals surface area contributed by atoms with Crippen molar-refractivity contribution in [1.29, 1.82) is 0 Å². The van der Waals surface area contributed by atoms with Crippen LogP contribution in [0.3, 0.4) is 0 Å². The van der Waals surface area contributed by atoms with E-state index in [1.54, 1.807) is 12.3 Å². The molecule has 0 amide bonds. The van der Waals surface area contributed by atoms with Crippen molar-refractivity contribution in [2.75, 3.05) is 0 Å². The SMILES string of the molecule is Clc1cnc2oc(-c3cccc(I)c3)nc2c1. The molecule has 0 saturated heterocycles. The van der Waals surface area contributed by atoms with Crippen LogP contribution in [0.25, 0.3) is 22.7 Å². The Morgan fingerprint density at radius 3 is 2.94 bits per heavy atom. The maximum Gasteiger partial charge on any atom is 0.247 e. The summed E-state index contributed by atoms with van der Waals surface area (Å²) in [6.07, 6.45) is 1.55. The molecule has 2 heterocycles. The Balaban J connectivity index is 2.18. The normalized spacial score (nSPS) is 10.9. The lowest BCUT2D eigenvalue weighted by atomic mass is 10.2. The molecule has 0 fully saturated rings. The largest absolute Gasteiger partial charge is 0.418 e. The second kappa shape index (κ2) is 4.27. The summed E-state index contributed by atoms with van der Waals surface area (Å²) in [5.74, 6) is 0.563. The van der Waals surface area contributed by atoms with Gasteiger partial charge < -0.3 is 4.42 Å². The summed E-state index contributed by atoms with van der Waals surface area (Å²) in [5, 5.41) is 0.556. The summed E-state index contributed by atoms with van der Waals surface area (Å²) >= 11 is 8.10. The van der Waals surface area contributed by atoms with E-state index in [1.807, 2.05) is 24.3 Å². The lowest BCUT2D eigenvalue weighted by molar-refractivity contribution is 0.608. The fourth-order valence-corrected chi connectivity index (χ4v) is 2.24. The molecule has 84 valence electrons. The summed E-state index contributed by atoms with van der Waals surface area (Å²) in [6.45, 7) is 0. The minimum Gasteiger partial charge on any atom is -0.418 e. The highest BCUT2D eigenvalue weighted by atomic mass is 127. The Morgan fingerprint density at radius 2 is 2.12 bits per heavy atom. The number of benzene rings is 1. The second-order valence-electron chi connectivity index (χ2n) is 3.51. The van der Waals surface area contributed by atoms with Crippen LogP contribution in [0.1, 0.15) is 0 Å². The van der Waals surface area contributed by atoms with Crippen LogP contribution in [-0.2, 0) is 0 Å². The first-order chi connectivity index (χ1) is 8.22. The molecule has 0 N–H and O–H groups in total. The maximum absolute atomic E-state index is 5.85. The Bertz CT molecular complexity index is 696. The number of rotatable bonds is 1. The van der Waals surface area contributed by atoms with Gasteiger partial charge in [-0.2, -0.15) is 0 Å². The molecule has 0 unspecified atom stereocenters. The fraction of sp³-hybridized carbons (Fsp3) is 0. The Hall–Kier alpha value is -1.14. The van der Waals surface area contributed by atoms with Crippen LogP contribution < -0.4 is 0 Å². The lowest BCUT2D eigenvalue weighted by Gasteiger charge is -1.94. The zero-order valence-corrected chi connectivity index (χ0v) is 11.4. The molecule has 0 atom stereocenters. The van der Waals surface area contributed by atoms with E-state index in [4.69, 9.17) is 16.0 Å². The highest BCUT2D eigenvalue weighted by Gasteiger charge is 2.09. The van der Waals surface area contributed by atoms with Crippen LogP contribution in [0, 0.1) is 3.57 Å². The van der Waals surface area contributed by atoms with Crippen LogP contribution in [0.15, 0.2) is 40.9 Å². The first kappa shape index (κ1) is 11.0. The van der Waals surface area contributed by atoms with Crippen LogP contribution in [0.4, 0.5) is 0 Å². The molecule has 3 aromatic rings. The van der Waals surface area contributed by atoms with Crippen LogP contribution in [0.5, 0.6) is 0 Å². The molecule has 3 nitrogen and oxygen atoms in total.